The van der Waals surface area contributed by atoms with Gasteiger partial charge in [-0.05, 0) is 0 Å². The van der Waals surface area contributed by atoms with E-state index in [2.05, 4.69) is 10.2 Å². The number of halogens is 4. The first-order valence-corrected chi connectivity index (χ1v) is 22.0. The van der Waals surface area contributed by atoms with E-state index in [1.54, 1.807) is 103 Å². The fraction of sp³-hybridized carbons (Fsp3) is 0.0312. The zero-order valence-electron chi connectivity index (χ0n) is 23.6. The molecule has 0 aliphatic heterocycles. The molecule has 5 rings (SSSR count). The van der Waals surface area contributed by atoms with Gasteiger partial charge in [0.2, 0.25) is 0 Å². The van der Waals surface area contributed by atoms with Gasteiger partial charge in [0.15, 0.2) is 0 Å². The van der Waals surface area contributed by atoms with Crippen molar-refractivity contribution >= 4 is 100 Å². The van der Waals surface area contributed by atoms with Crippen molar-refractivity contribution in [3.05, 3.63) is 147 Å². The number of benzene rings is 5. The standard InChI is InChI=1S/2C12H8Cl2N3.C6H5.C2H4O2.Pb/c2*13-9-4-6-11(7-5-9)15-17-16-12-3-1-2-10(14)8-12;1-2-4-6-5-3-1;1-2(3)4;/h2*1-8H;1-5H;1H3,(H,3,4);/q2*-1;;;+3/p-1. The molecule has 0 aliphatic carbocycles. The summed E-state index contributed by atoms with van der Waals surface area (Å²) in [6.45, 7) is 1.34. The molecule has 0 amide bonds. The van der Waals surface area contributed by atoms with Crippen LogP contribution in [0, 0.1) is 0 Å². The van der Waals surface area contributed by atoms with Crippen LogP contribution in [0.4, 0.5) is 22.7 Å². The van der Waals surface area contributed by atoms with Gasteiger partial charge >= 0.3 is 289 Å². The summed E-state index contributed by atoms with van der Waals surface area (Å²) < 4.78 is 10.5. The molecule has 0 radical (unpaired) electrons. The van der Waals surface area contributed by atoms with Crippen molar-refractivity contribution in [2.45, 2.75) is 6.92 Å². The second kappa shape index (κ2) is 15.2. The van der Waals surface area contributed by atoms with Crippen LogP contribution in [0.15, 0.2) is 148 Å². The maximum atomic E-state index is 13.2. The van der Waals surface area contributed by atoms with Gasteiger partial charge < -0.3 is 0 Å². The van der Waals surface area contributed by atoms with E-state index >= 15 is 0 Å². The van der Waals surface area contributed by atoms with Gasteiger partial charge in [-0.2, -0.15) is 0 Å². The van der Waals surface area contributed by atoms with E-state index in [0.717, 1.165) is 0 Å². The minimum atomic E-state index is -5.57. The first-order chi connectivity index (χ1) is 21.7. The molecular formula is C32H24Cl4N6O2Pb. The molecule has 0 bridgehead atoms. The van der Waals surface area contributed by atoms with E-state index in [1.807, 2.05) is 30.3 Å². The Morgan fingerprint density at radius 1 is 0.578 bits per heavy atom. The second-order valence-electron chi connectivity index (χ2n) is 9.48. The Balaban J connectivity index is 1.85. The Kier molecular flexibility index (Phi) is 11.1. The second-order valence-corrected chi connectivity index (χ2v) is 22.3. The summed E-state index contributed by atoms with van der Waals surface area (Å²) in [5, 5.41) is 20.6. The summed E-state index contributed by atoms with van der Waals surface area (Å²) in [4.78, 5) is 13.2. The van der Waals surface area contributed by atoms with Gasteiger partial charge in [-0.1, -0.05) is 0 Å². The summed E-state index contributed by atoms with van der Waals surface area (Å²) in [5.41, 5.74) is 2.06. The van der Waals surface area contributed by atoms with E-state index < -0.39 is 28.2 Å². The Morgan fingerprint density at radius 2 is 1.02 bits per heavy atom. The molecule has 0 fully saturated rings. The van der Waals surface area contributed by atoms with E-state index in [1.165, 1.54) is 6.92 Å². The van der Waals surface area contributed by atoms with Gasteiger partial charge in [0.1, 0.15) is 0 Å². The number of carbonyl (C=O) groups excluding carboxylic acids is 1. The predicted molar refractivity (Wildman–Crippen MR) is 183 cm³/mol. The van der Waals surface area contributed by atoms with Crippen LogP contribution in [0.3, 0.4) is 0 Å². The van der Waals surface area contributed by atoms with Crippen LogP contribution in [-0.2, 0) is 7.48 Å². The van der Waals surface area contributed by atoms with Crippen molar-refractivity contribution in [2.24, 2.45) is 20.7 Å². The summed E-state index contributed by atoms with van der Waals surface area (Å²) in [7, 11) is 0. The van der Waals surface area contributed by atoms with Crippen LogP contribution in [-0.4, -0.2) is 28.2 Å². The number of hydrogen-bond acceptors (Lipinski definition) is 6. The fourth-order valence-electron chi connectivity index (χ4n) is 4.33. The molecule has 45 heavy (non-hydrogen) atoms. The summed E-state index contributed by atoms with van der Waals surface area (Å²) in [5.74, 6) is -0.553. The van der Waals surface area contributed by atoms with Gasteiger partial charge in [-0.3, -0.25) is 0 Å². The van der Waals surface area contributed by atoms with Crippen LogP contribution < -0.4 is 8.76 Å². The Morgan fingerprint density at radius 3 is 1.42 bits per heavy atom. The van der Waals surface area contributed by atoms with E-state index in [9.17, 15) is 4.79 Å². The average molecular weight is 874 g/mol. The normalized spacial score (nSPS) is 12.6. The van der Waals surface area contributed by atoms with Gasteiger partial charge in [-0.15, -0.1) is 0 Å². The molecule has 0 atom stereocenters. The first kappa shape index (κ1) is 32.8. The molecule has 0 aromatic heterocycles. The van der Waals surface area contributed by atoms with Crippen molar-refractivity contribution in [2.75, 3.05) is 5.64 Å². The molecule has 0 saturated carbocycles. The minimum absolute atomic E-state index is 0.439. The number of nitrogens with zero attached hydrogens (tertiary/aromatic N) is 6. The van der Waals surface area contributed by atoms with Gasteiger partial charge in [0.25, 0.3) is 0 Å². The first-order valence-electron chi connectivity index (χ1n) is 13.5. The third-order valence-electron chi connectivity index (χ3n) is 6.27. The third kappa shape index (κ3) is 8.19. The van der Waals surface area contributed by atoms with E-state index in [-0.39, 0.29) is 0 Å². The number of rotatable bonds is 10. The molecule has 226 valence electrons. The Labute approximate surface area is 286 Å². The van der Waals surface area contributed by atoms with Gasteiger partial charge in [0.05, 0.1) is 0 Å². The molecule has 8 nitrogen and oxygen atoms in total. The summed E-state index contributed by atoms with van der Waals surface area (Å²) in [6, 6.07) is 37.1. The summed E-state index contributed by atoms with van der Waals surface area (Å²) >= 11 is 19.7. The van der Waals surface area contributed by atoms with Crippen molar-refractivity contribution in [1.82, 2.24) is 0 Å². The van der Waals surface area contributed by atoms with Crippen LogP contribution in [0.5, 0.6) is 0 Å². The Hall–Kier alpha value is -3.55. The number of anilines is 2. The maximum absolute atomic E-state index is 13.2. The molecule has 0 spiro atoms. The van der Waals surface area contributed by atoms with E-state index in [0.29, 0.717) is 46.0 Å². The van der Waals surface area contributed by atoms with Crippen LogP contribution in [0.1, 0.15) is 6.92 Å². The Bertz CT molecular complexity index is 1720. The van der Waals surface area contributed by atoms with Crippen molar-refractivity contribution in [1.29, 1.82) is 0 Å². The fourth-order valence-corrected chi connectivity index (χ4v) is 17.8. The monoisotopic (exact) mass is 872 g/mol. The zero-order chi connectivity index (χ0) is 31.8. The molecule has 0 N–H and O–H groups in total. The van der Waals surface area contributed by atoms with Crippen molar-refractivity contribution in [3.8, 4) is 0 Å². The van der Waals surface area contributed by atoms with Crippen LogP contribution in [0.2, 0.25) is 20.1 Å². The van der Waals surface area contributed by atoms with Crippen LogP contribution >= 0.6 is 46.4 Å². The molecule has 5 aromatic rings. The number of carbonyl (C=O) groups is 1. The number of hydrogen-bond donors (Lipinski definition) is 0. The zero-order valence-corrected chi connectivity index (χ0v) is 30.5. The third-order valence-corrected chi connectivity index (χ3v) is 20.9. The molecule has 0 unspecified atom stereocenters. The average Bonchev–Trinajstić information content (AvgIpc) is 3.03. The quantitative estimate of drug-likeness (QED) is 0.0795. The molecule has 0 heterocycles. The van der Waals surface area contributed by atoms with Crippen molar-refractivity contribution < 1.29 is 7.48 Å². The molecule has 0 saturated heterocycles. The summed E-state index contributed by atoms with van der Waals surface area (Å²) in [6.07, 6.45) is 0. The van der Waals surface area contributed by atoms with Gasteiger partial charge in [0, 0.05) is 0 Å². The van der Waals surface area contributed by atoms with Gasteiger partial charge in [-0.25, -0.2) is 0 Å². The van der Waals surface area contributed by atoms with Crippen molar-refractivity contribution in [3.63, 3.8) is 0 Å². The molecule has 5 aromatic carbocycles. The topological polar surface area (TPSA) is 82.2 Å². The SMILES string of the molecule is CC(=O)[O][Pb]([c]1ccccc1)([N](N=Nc1ccc(Cl)cc1)c1cccc(Cl)c1)[N](N=Nc1ccc(Cl)cc1)c1cccc(Cl)c1. The molecule has 0 aliphatic rings. The van der Waals surface area contributed by atoms with Crippen LogP contribution in [0.25, 0.3) is 0 Å². The molecular weight excluding hydrogens is 849 g/mol. The predicted octanol–water partition coefficient (Wildman–Crippen LogP) is 10.4. The molecule has 13 heteroatoms. The van der Waals surface area contributed by atoms with E-state index in [4.69, 9.17) is 59.5 Å².